The van der Waals surface area contributed by atoms with Crippen LogP contribution in [0.5, 0.6) is 0 Å². The number of benzene rings is 3. The lowest BCUT2D eigenvalue weighted by atomic mass is 10.2. The second-order valence-corrected chi connectivity index (χ2v) is 8.35. The van der Waals surface area contributed by atoms with Crippen LogP contribution in [-0.2, 0) is 0 Å². The van der Waals surface area contributed by atoms with Gasteiger partial charge in [0.05, 0.1) is 25.8 Å². The molecule has 0 saturated carbocycles. The van der Waals surface area contributed by atoms with Gasteiger partial charge in [0.1, 0.15) is 0 Å². The third kappa shape index (κ3) is 4.68. The third-order valence-electron chi connectivity index (χ3n) is 4.56. The molecule has 1 aromatic heterocycles. The standard InChI is InChI=1S/C23H16ClN3O3S/c1-14-6-9-16(10-7-14)31-21-11-8-15(13-20(21)27(29)30)12-18(24)22-25-19-5-3-2-4-17(19)23(28)26-22/h2-13H,1H3,(H,25,26,28)/b18-12-. The molecule has 8 heteroatoms. The highest BCUT2D eigenvalue weighted by Gasteiger charge is 2.16. The number of H-pyrrole nitrogens is 1. The number of fused-ring (bicyclic) bond motifs is 1. The molecule has 1 N–H and O–H groups in total. The van der Waals surface area contributed by atoms with Crippen LogP contribution in [0.1, 0.15) is 17.0 Å². The third-order valence-corrected chi connectivity index (χ3v) is 5.92. The average Bonchev–Trinajstić information content (AvgIpc) is 2.76. The molecule has 0 bridgehead atoms. The van der Waals surface area contributed by atoms with E-state index in [4.69, 9.17) is 11.6 Å². The summed E-state index contributed by atoms with van der Waals surface area (Å²) < 4.78 is 0. The number of aromatic nitrogens is 2. The smallest absolute Gasteiger partial charge is 0.283 e. The van der Waals surface area contributed by atoms with E-state index in [1.807, 2.05) is 31.2 Å². The van der Waals surface area contributed by atoms with Crippen LogP contribution in [0.4, 0.5) is 5.69 Å². The Labute approximate surface area is 186 Å². The Bertz CT molecular complexity index is 1380. The molecule has 1 heterocycles. The van der Waals surface area contributed by atoms with Gasteiger partial charge < -0.3 is 4.98 Å². The van der Waals surface area contributed by atoms with Gasteiger partial charge in [-0.3, -0.25) is 14.9 Å². The largest absolute Gasteiger partial charge is 0.305 e. The average molecular weight is 450 g/mol. The molecule has 154 valence electrons. The summed E-state index contributed by atoms with van der Waals surface area (Å²) in [5, 5.41) is 12.3. The van der Waals surface area contributed by atoms with Gasteiger partial charge in [0.25, 0.3) is 11.2 Å². The van der Waals surface area contributed by atoms with E-state index in [0.29, 0.717) is 21.4 Å². The zero-order valence-corrected chi connectivity index (χ0v) is 17.9. The van der Waals surface area contributed by atoms with Crippen LogP contribution in [0, 0.1) is 17.0 Å². The van der Waals surface area contributed by atoms with Gasteiger partial charge in [-0.25, -0.2) is 4.98 Å². The number of nitrogens with zero attached hydrogens (tertiary/aromatic N) is 2. The highest BCUT2D eigenvalue weighted by molar-refractivity contribution is 7.99. The molecule has 0 aliphatic rings. The van der Waals surface area contributed by atoms with E-state index >= 15 is 0 Å². The lowest BCUT2D eigenvalue weighted by molar-refractivity contribution is -0.387. The van der Waals surface area contributed by atoms with Crippen molar-refractivity contribution < 1.29 is 4.92 Å². The minimum absolute atomic E-state index is 0.0243. The molecule has 6 nitrogen and oxygen atoms in total. The quantitative estimate of drug-likeness (QED) is 0.297. The number of nitro benzene ring substituents is 1. The molecule has 0 radical (unpaired) electrons. The fraction of sp³-hybridized carbons (Fsp3) is 0.0435. The Balaban J connectivity index is 1.69. The number of hydrogen-bond acceptors (Lipinski definition) is 5. The van der Waals surface area contributed by atoms with Crippen LogP contribution < -0.4 is 5.56 Å². The highest BCUT2D eigenvalue weighted by atomic mass is 35.5. The second-order valence-electron chi connectivity index (χ2n) is 6.82. The van der Waals surface area contributed by atoms with Crippen molar-refractivity contribution in [3.05, 3.63) is 104 Å². The minimum atomic E-state index is -0.419. The maximum atomic E-state index is 12.3. The van der Waals surface area contributed by atoms with Crippen LogP contribution in [0.15, 0.2) is 81.3 Å². The fourth-order valence-electron chi connectivity index (χ4n) is 3.00. The molecular formula is C23H16ClN3O3S. The van der Waals surface area contributed by atoms with Gasteiger partial charge in [-0.05, 0) is 48.9 Å². The van der Waals surface area contributed by atoms with Gasteiger partial charge in [0.15, 0.2) is 5.82 Å². The molecule has 0 fully saturated rings. The molecule has 0 spiro atoms. The number of aryl methyl sites for hydroxylation is 1. The zero-order chi connectivity index (χ0) is 22.0. The molecule has 3 aromatic carbocycles. The molecule has 0 saturated heterocycles. The zero-order valence-electron chi connectivity index (χ0n) is 16.3. The molecule has 0 atom stereocenters. The summed E-state index contributed by atoms with van der Waals surface area (Å²) in [5.41, 5.74) is 1.84. The lowest BCUT2D eigenvalue weighted by Gasteiger charge is -2.06. The summed E-state index contributed by atoms with van der Waals surface area (Å²) in [7, 11) is 0. The van der Waals surface area contributed by atoms with Crippen molar-refractivity contribution in [2.75, 3.05) is 0 Å². The molecule has 4 rings (SSSR count). The number of hydrogen-bond donors (Lipinski definition) is 1. The first-order chi connectivity index (χ1) is 14.9. The Kier molecular flexibility index (Phi) is 5.88. The molecular weight excluding hydrogens is 434 g/mol. The topological polar surface area (TPSA) is 88.9 Å². The lowest BCUT2D eigenvalue weighted by Crippen LogP contribution is -2.10. The van der Waals surface area contributed by atoms with E-state index < -0.39 is 4.92 Å². The Hall–Kier alpha value is -3.42. The molecule has 0 aliphatic carbocycles. The van der Waals surface area contributed by atoms with Gasteiger partial charge in [0.2, 0.25) is 0 Å². The highest BCUT2D eigenvalue weighted by Crippen LogP contribution is 2.36. The molecule has 0 amide bonds. The van der Waals surface area contributed by atoms with Crippen LogP contribution in [-0.4, -0.2) is 14.9 Å². The number of nitrogens with one attached hydrogen (secondary N) is 1. The Morgan fingerprint density at radius 3 is 2.61 bits per heavy atom. The van der Waals surface area contributed by atoms with E-state index in [-0.39, 0.29) is 22.1 Å². The molecule has 0 unspecified atom stereocenters. The summed E-state index contributed by atoms with van der Waals surface area (Å²) in [4.78, 5) is 32.0. The summed E-state index contributed by atoms with van der Waals surface area (Å²) in [6.07, 6.45) is 1.54. The molecule has 0 aliphatic heterocycles. The summed E-state index contributed by atoms with van der Waals surface area (Å²) in [5.74, 6) is 0.200. The van der Waals surface area contributed by atoms with Crippen LogP contribution in [0.25, 0.3) is 22.0 Å². The first-order valence-corrected chi connectivity index (χ1v) is 10.5. The van der Waals surface area contributed by atoms with Crippen molar-refractivity contribution in [1.29, 1.82) is 0 Å². The van der Waals surface area contributed by atoms with Crippen molar-refractivity contribution in [2.45, 2.75) is 16.7 Å². The summed E-state index contributed by atoms with van der Waals surface area (Å²) in [6, 6.07) is 19.6. The Morgan fingerprint density at radius 1 is 1.13 bits per heavy atom. The van der Waals surface area contributed by atoms with Crippen LogP contribution in [0.2, 0.25) is 0 Å². The van der Waals surface area contributed by atoms with Gasteiger partial charge in [0, 0.05) is 11.0 Å². The molecule has 31 heavy (non-hydrogen) atoms. The molecule has 4 aromatic rings. The number of nitro groups is 1. The van der Waals surface area contributed by atoms with E-state index in [2.05, 4.69) is 9.97 Å². The maximum absolute atomic E-state index is 12.3. The predicted molar refractivity (Wildman–Crippen MR) is 124 cm³/mol. The summed E-state index contributed by atoms with van der Waals surface area (Å²) >= 11 is 7.71. The van der Waals surface area contributed by atoms with Crippen molar-refractivity contribution in [3.8, 4) is 0 Å². The van der Waals surface area contributed by atoms with Crippen molar-refractivity contribution in [2.24, 2.45) is 0 Å². The summed E-state index contributed by atoms with van der Waals surface area (Å²) in [6.45, 7) is 1.99. The van der Waals surface area contributed by atoms with Crippen molar-refractivity contribution in [3.63, 3.8) is 0 Å². The van der Waals surface area contributed by atoms with E-state index in [0.717, 1.165) is 10.5 Å². The first kappa shape index (κ1) is 20.8. The maximum Gasteiger partial charge on any atom is 0.283 e. The van der Waals surface area contributed by atoms with Crippen molar-refractivity contribution in [1.82, 2.24) is 9.97 Å². The fourth-order valence-corrected chi connectivity index (χ4v) is 4.12. The number of rotatable bonds is 5. The van der Waals surface area contributed by atoms with E-state index in [1.165, 1.54) is 17.8 Å². The second kappa shape index (κ2) is 8.75. The number of aromatic amines is 1. The van der Waals surface area contributed by atoms with E-state index in [1.54, 1.807) is 42.5 Å². The first-order valence-electron chi connectivity index (χ1n) is 9.30. The minimum Gasteiger partial charge on any atom is -0.305 e. The normalized spacial score (nSPS) is 11.6. The van der Waals surface area contributed by atoms with Gasteiger partial charge >= 0.3 is 0 Å². The predicted octanol–water partition coefficient (Wildman–Crippen LogP) is 6.03. The van der Waals surface area contributed by atoms with Gasteiger partial charge in [-0.1, -0.05) is 59.3 Å². The van der Waals surface area contributed by atoms with Crippen molar-refractivity contribution >= 4 is 51.1 Å². The van der Waals surface area contributed by atoms with E-state index in [9.17, 15) is 14.9 Å². The number of halogens is 1. The van der Waals surface area contributed by atoms with Gasteiger partial charge in [-0.15, -0.1) is 0 Å². The van der Waals surface area contributed by atoms with Crippen LogP contribution >= 0.6 is 23.4 Å². The number of para-hydroxylation sites is 1. The van der Waals surface area contributed by atoms with Gasteiger partial charge in [-0.2, -0.15) is 0 Å². The van der Waals surface area contributed by atoms with Crippen LogP contribution in [0.3, 0.4) is 0 Å². The SMILES string of the molecule is Cc1ccc(Sc2ccc(/C=C(\Cl)c3nc4ccccc4c(=O)[nH]3)cc2[N+](=O)[O-])cc1. The Morgan fingerprint density at radius 2 is 1.87 bits per heavy atom. The monoisotopic (exact) mass is 449 g/mol.